The molecule has 2 rings (SSSR count). The summed E-state index contributed by atoms with van der Waals surface area (Å²) in [5, 5.41) is 0.960. The fraction of sp³-hybridized carbons (Fsp3) is 1.00. The van der Waals surface area contributed by atoms with Gasteiger partial charge in [0, 0.05) is 18.3 Å². The van der Waals surface area contributed by atoms with E-state index in [1.54, 1.807) is 0 Å². The van der Waals surface area contributed by atoms with Crippen LogP contribution in [0.5, 0.6) is 0 Å². The Morgan fingerprint density at radius 1 is 1.21 bits per heavy atom. The highest BCUT2D eigenvalue weighted by Crippen LogP contribution is 2.48. The first-order valence-corrected chi connectivity index (χ1v) is 6.34. The number of hydrogen-bond acceptors (Lipinski definition) is 1. The minimum absolute atomic E-state index is 0.0260. The Morgan fingerprint density at radius 3 is 2.43 bits per heavy atom. The average Bonchev–Trinajstić information content (AvgIpc) is 2.84. The van der Waals surface area contributed by atoms with Gasteiger partial charge in [0.1, 0.15) is 0 Å². The van der Waals surface area contributed by atoms with E-state index in [9.17, 15) is 8.78 Å². The van der Waals surface area contributed by atoms with Crippen molar-refractivity contribution in [1.29, 1.82) is 0 Å². The highest BCUT2D eigenvalue weighted by Gasteiger charge is 2.45. The van der Waals surface area contributed by atoms with Crippen molar-refractivity contribution in [2.45, 2.75) is 31.6 Å². The fourth-order valence-electron chi connectivity index (χ4n) is 2.17. The van der Waals surface area contributed by atoms with E-state index < -0.39 is 5.92 Å². The van der Waals surface area contributed by atoms with Gasteiger partial charge < -0.3 is 0 Å². The molecule has 0 aromatic rings. The summed E-state index contributed by atoms with van der Waals surface area (Å²) in [6.07, 6.45) is 3.11. The predicted molar refractivity (Wildman–Crippen MR) is 56.1 cm³/mol. The zero-order valence-corrected chi connectivity index (χ0v) is 9.82. The second-order valence-electron chi connectivity index (χ2n) is 4.80. The molecule has 4 heteroatoms. The largest absolute Gasteiger partial charge is 0.297 e. The van der Waals surface area contributed by atoms with E-state index >= 15 is 0 Å². The summed E-state index contributed by atoms with van der Waals surface area (Å²) in [5.74, 6) is -2.44. The number of piperidine rings is 1. The maximum absolute atomic E-state index is 13.1. The Bertz CT molecular complexity index is 216. The fourth-order valence-corrected chi connectivity index (χ4v) is 2.90. The number of rotatable bonds is 3. The van der Waals surface area contributed by atoms with Crippen LogP contribution in [-0.2, 0) is 0 Å². The van der Waals surface area contributed by atoms with Gasteiger partial charge >= 0.3 is 0 Å². The molecule has 0 amide bonds. The summed E-state index contributed by atoms with van der Waals surface area (Å²) >= 11 is 3.47. The van der Waals surface area contributed by atoms with Gasteiger partial charge in [0.05, 0.1) is 6.54 Å². The van der Waals surface area contributed by atoms with E-state index in [1.807, 2.05) is 4.90 Å². The van der Waals surface area contributed by atoms with Gasteiger partial charge in [-0.3, -0.25) is 4.90 Å². The molecule has 1 aliphatic heterocycles. The molecule has 0 unspecified atom stereocenters. The summed E-state index contributed by atoms with van der Waals surface area (Å²) in [7, 11) is 0. The lowest BCUT2D eigenvalue weighted by atomic mass is 10.0. The monoisotopic (exact) mass is 267 g/mol. The smallest absolute Gasteiger partial charge is 0.260 e. The molecule has 1 saturated carbocycles. The Labute approximate surface area is 92.0 Å². The predicted octanol–water partition coefficient (Wildman–Crippen LogP) is 2.89. The van der Waals surface area contributed by atoms with Gasteiger partial charge in [0.15, 0.2) is 0 Å². The SMILES string of the molecule is FC1(F)CCCN(CC2(CBr)CC2)C1. The summed E-state index contributed by atoms with van der Waals surface area (Å²) in [5.41, 5.74) is 0.327. The first-order chi connectivity index (χ1) is 6.55. The summed E-state index contributed by atoms with van der Waals surface area (Å²) in [6.45, 7) is 1.68. The van der Waals surface area contributed by atoms with Crippen LogP contribution < -0.4 is 0 Å². The van der Waals surface area contributed by atoms with Gasteiger partial charge in [-0.05, 0) is 31.2 Å². The van der Waals surface area contributed by atoms with Gasteiger partial charge in [-0.15, -0.1) is 0 Å². The van der Waals surface area contributed by atoms with Crippen LogP contribution in [0.3, 0.4) is 0 Å². The zero-order valence-electron chi connectivity index (χ0n) is 8.24. The summed E-state index contributed by atoms with van der Waals surface area (Å²) < 4.78 is 26.2. The van der Waals surface area contributed by atoms with Crippen molar-refractivity contribution in [3.8, 4) is 0 Å². The molecule has 2 aliphatic rings. The van der Waals surface area contributed by atoms with Crippen LogP contribution in [0.15, 0.2) is 0 Å². The Hall–Kier alpha value is 0.300. The molecule has 1 heterocycles. The first-order valence-electron chi connectivity index (χ1n) is 5.22. The Morgan fingerprint density at radius 2 is 1.93 bits per heavy atom. The Kier molecular flexibility index (Phi) is 2.86. The van der Waals surface area contributed by atoms with Gasteiger partial charge in [0.25, 0.3) is 5.92 Å². The average molecular weight is 268 g/mol. The molecule has 14 heavy (non-hydrogen) atoms. The molecule has 1 nitrogen and oxygen atoms in total. The Balaban J connectivity index is 1.86. The molecule has 1 saturated heterocycles. The molecule has 0 radical (unpaired) electrons. The summed E-state index contributed by atoms with van der Waals surface area (Å²) in [4.78, 5) is 1.94. The number of halogens is 3. The molecule has 82 valence electrons. The van der Waals surface area contributed by atoms with E-state index in [0.29, 0.717) is 11.8 Å². The van der Waals surface area contributed by atoms with Gasteiger partial charge in [-0.1, -0.05) is 15.9 Å². The van der Waals surface area contributed by atoms with Crippen LogP contribution in [-0.4, -0.2) is 35.8 Å². The lowest BCUT2D eigenvalue weighted by Gasteiger charge is -2.34. The van der Waals surface area contributed by atoms with Crippen LogP contribution >= 0.6 is 15.9 Å². The minimum atomic E-state index is -2.44. The molecular weight excluding hydrogens is 252 g/mol. The van der Waals surface area contributed by atoms with E-state index in [0.717, 1.165) is 18.4 Å². The summed E-state index contributed by atoms with van der Waals surface area (Å²) in [6, 6.07) is 0. The van der Waals surface area contributed by atoms with Crippen molar-refractivity contribution in [3.63, 3.8) is 0 Å². The molecule has 1 aliphatic carbocycles. The first kappa shape index (κ1) is 10.8. The lowest BCUT2D eigenvalue weighted by Crippen LogP contribution is -2.45. The van der Waals surface area contributed by atoms with Crippen molar-refractivity contribution in [3.05, 3.63) is 0 Å². The van der Waals surface area contributed by atoms with E-state index in [4.69, 9.17) is 0 Å². The van der Waals surface area contributed by atoms with Crippen molar-refractivity contribution in [2.75, 3.05) is 25.0 Å². The molecule has 0 N–H and O–H groups in total. The third-order valence-electron chi connectivity index (χ3n) is 3.27. The van der Waals surface area contributed by atoms with Gasteiger partial charge in [-0.25, -0.2) is 8.78 Å². The van der Waals surface area contributed by atoms with Crippen LogP contribution in [0.4, 0.5) is 8.78 Å². The lowest BCUT2D eigenvalue weighted by molar-refractivity contribution is -0.0672. The molecular formula is C10H16BrF2N. The third-order valence-corrected chi connectivity index (χ3v) is 4.46. The zero-order chi connectivity index (χ0) is 10.2. The van der Waals surface area contributed by atoms with Crippen molar-refractivity contribution in [2.24, 2.45) is 5.41 Å². The standard InChI is InChI=1S/C10H16BrF2N/c11-6-9(3-4-9)7-14-5-1-2-10(12,13)8-14/h1-8H2. The minimum Gasteiger partial charge on any atom is -0.297 e. The second kappa shape index (κ2) is 3.71. The quantitative estimate of drug-likeness (QED) is 0.711. The normalized spacial score (nSPS) is 30.2. The topological polar surface area (TPSA) is 3.24 Å². The van der Waals surface area contributed by atoms with Gasteiger partial charge in [-0.2, -0.15) is 0 Å². The number of hydrogen-bond donors (Lipinski definition) is 0. The maximum atomic E-state index is 13.1. The number of nitrogens with zero attached hydrogens (tertiary/aromatic N) is 1. The van der Waals surface area contributed by atoms with Crippen molar-refractivity contribution in [1.82, 2.24) is 4.90 Å². The number of alkyl halides is 3. The van der Waals surface area contributed by atoms with Crippen LogP contribution in [0.25, 0.3) is 0 Å². The van der Waals surface area contributed by atoms with Crippen LogP contribution in [0, 0.1) is 5.41 Å². The van der Waals surface area contributed by atoms with Crippen LogP contribution in [0.1, 0.15) is 25.7 Å². The molecule has 0 bridgehead atoms. The van der Waals surface area contributed by atoms with E-state index in [2.05, 4.69) is 15.9 Å². The van der Waals surface area contributed by atoms with E-state index in [-0.39, 0.29) is 13.0 Å². The third kappa shape index (κ3) is 2.45. The second-order valence-corrected chi connectivity index (χ2v) is 5.36. The van der Waals surface area contributed by atoms with Gasteiger partial charge in [0.2, 0.25) is 0 Å². The molecule has 0 aromatic carbocycles. The highest BCUT2D eigenvalue weighted by molar-refractivity contribution is 9.09. The van der Waals surface area contributed by atoms with Crippen molar-refractivity contribution >= 4 is 15.9 Å². The highest BCUT2D eigenvalue weighted by atomic mass is 79.9. The van der Waals surface area contributed by atoms with E-state index in [1.165, 1.54) is 12.8 Å². The molecule has 2 fully saturated rings. The molecule has 0 atom stereocenters. The number of likely N-dealkylation sites (tertiary alicyclic amines) is 1. The molecule has 0 spiro atoms. The van der Waals surface area contributed by atoms with Crippen LogP contribution in [0.2, 0.25) is 0 Å². The van der Waals surface area contributed by atoms with Crippen molar-refractivity contribution < 1.29 is 8.78 Å². The maximum Gasteiger partial charge on any atom is 0.260 e. The molecule has 0 aromatic heterocycles.